The zero-order valence-electron chi connectivity index (χ0n) is 8.19. The van der Waals surface area contributed by atoms with Crippen LogP contribution in [-0.2, 0) is 0 Å². The molecule has 0 aliphatic heterocycles. The van der Waals surface area contributed by atoms with E-state index in [0.717, 1.165) is 10.8 Å². The van der Waals surface area contributed by atoms with E-state index in [-0.39, 0.29) is 0 Å². The van der Waals surface area contributed by atoms with Crippen molar-refractivity contribution in [2.75, 3.05) is 26.0 Å². The molecule has 1 rings (SSSR count). The number of hydrogen-bond acceptors (Lipinski definition) is 1. The molecule has 0 fully saturated rings. The van der Waals surface area contributed by atoms with Gasteiger partial charge in [0.2, 0.25) is 0 Å². The Bertz CT molecular complexity index is 282. The number of rotatable bonds is 1. The monoisotopic (exact) mass is 194 g/mol. The van der Waals surface area contributed by atoms with Gasteiger partial charge in [0.1, 0.15) is 0 Å². The van der Waals surface area contributed by atoms with Crippen LogP contribution < -0.4 is 4.90 Å². The first-order valence-corrected chi connectivity index (χ1v) is 4.54. The van der Waals surface area contributed by atoms with E-state index in [0.29, 0.717) is 0 Å². The van der Waals surface area contributed by atoms with Crippen LogP contribution in [-0.4, -0.2) is 31.2 Å². The Morgan fingerprint density at radius 3 is 2.08 bits per heavy atom. The minimum absolute atomic E-state index is 0.811. The lowest BCUT2D eigenvalue weighted by Gasteiger charge is -2.25. The highest BCUT2D eigenvalue weighted by molar-refractivity contribution is 7.80. The van der Waals surface area contributed by atoms with Crippen LogP contribution in [0.15, 0.2) is 30.3 Å². The van der Waals surface area contributed by atoms with Gasteiger partial charge in [0.05, 0.1) is 0 Å². The highest BCUT2D eigenvalue weighted by atomic mass is 32.1. The molecule has 13 heavy (non-hydrogen) atoms. The Morgan fingerprint density at radius 1 is 1.08 bits per heavy atom. The van der Waals surface area contributed by atoms with Gasteiger partial charge >= 0.3 is 0 Å². The maximum Gasteiger partial charge on any atom is 0.175 e. The molecule has 0 aromatic heterocycles. The Morgan fingerprint density at radius 2 is 1.62 bits per heavy atom. The molecule has 0 amide bonds. The topological polar surface area (TPSA) is 6.48 Å². The zero-order chi connectivity index (χ0) is 9.84. The summed E-state index contributed by atoms with van der Waals surface area (Å²) in [5.74, 6) is 0. The molecule has 1 aromatic carbocycles. The highest BCUT2D eigenvalue weighted by Crippen LogP contribution is 2.12. The smallest absolute Gasteiger partial charge is 0.175 e. The van der Waals surface area contributed by atoms with E-state index >= 15 is 0 Å². The predicted octanol–water partition coefficient (Wildman–Crippen LogP) is 1.97. The van der Waals surface area contributed by atoms with Crippen LogP contribution >= 0.6 is 12.2 Å². The summed E-state index contributed by atoms with van der Waals surface area (Å²) in [5.41, 5.74) is 1.11. The molecule has 70 valence electrons. The predicted molar refractivity (Wildman–Crippen MR) is 61.1 cm³/mol. The molecule has 0 atom stereocenters. The van der Waals surface area contributed by atoms with Crippen molar-refractivity contribution in [1.29, 1.82) is 0 Å². The van der Waals surface area contributed by atoms with Crippen molar-refractivity contribution in [2.45, 2.75) is 0 Å². The van der Waals surface area contributed by atoms with Gasteiger partial charge in [-0.2, -0.15) is 0 Å². The summed E-state index contributed by atoms with van der Waals surface area (Å²) in [5, 5.41) is 0.811. The molecule has 0 aliphatic carbocycles. The number of para-hydroxylation sites is 1. The van der Waals surface area contributed by atoms with Crippen molar-refractivity contribution in [1.82, 2.24) is 4.90 Å². The van der Waals surface area contributed by atoms with Gasteiger partial charge < -0.3 is 9.80 Å². The van der Waals surface area contributed by atoms with Crippen LogP contribution in [0.1, 0.15) is 0 Å². The minimum Gasteiger partial charge on any atom is -0.355 e. The maximum atomic E-state index is 5.23. The molecule has 0 bridgehead atoms. The number of thiocarbonyl (C=S) groups is 1. The van der Waals surface area contributed by atoms with Crippen molar-refractivity contribution >= 4 is 23.0 Å². The third-order valence-electron chi connectivity index (χ3n) is 1.81. The Kier molecular flexibility index (Phi) is 3.25. The summed E-state index contributed by atoms with van der Waals surface area (Å²) in [6.07, 6.45) is 0. The summed E-state index contributed by atoms with van der Waals surface area (Å²) in [6.45, 7) is 0. The fourth-order valence-electron chi connectivity index (χ4n) is 1.06. The van der Waals surface area contributed by atoms with Gasteiger partial charge in [0.25, 0.3) is 0 Å². The molecule has 0 saturated heterocycles. The SMILES string of the molecule is CN(C)C(=S)N(C)c1ccccc1. The molecule has 3 heteroatoms. The lowest BCUT2D eigenvalue weighted by Crippen LogP contribution is -2.35. The summed E-state index contributed by atoms with van der Waals surface area (Å²) in [7, 11) is 5.86. The van der Waals surface area contributed by atoms with Gasteiger partial charge in [-0.1, -0.05) is 18.2 Å². The second-order valence-corrected chi connectivity index (χ2v) is 3.44. The third-order valence-corrected chi connectivity index (χ3v) is 2.45. The summed E-state index contributed by atoms with van der Waals surface area (Å²) < 4.78 is 0. The van der Waals surface area contributed by atoms with E-state index in [1.165, 1.54) is 0 Å². The fraction of sp³-hybridized carbons (Fsp3) is 0.300. The van der Waals surface area contributed by atoms with Crippen LogP contribution in [0.5, 0.6) is 0 Å². The van der Waals surface area contributed by atoms with E-state index in [1.807, 2.05) is 61.3 Å². The first kappa shape index (κ1) is 9.99. The summed E-state index contributed by atoms with van der Waals surface area (Å²) in [4.78, 5) is 3.90. The van der Waals surface area contributed by atoms with Crippen molar-refractivity contribution in [3.8, 4) is 0 Å². The van der Waals surface area contributed by atoms with Crippen molar-refractivity contribution < 1.29 is 0 Å². The average Bonchev–Trinajstić information content (AvgIpc) is 2.17. The Labute approximate surface area is 84.8 Å². The average molecular weight is 194 g/mol. The van der Waals surface area contributed by atoms with Gasteiger partial charge in [-0.05, 0) is 24.4 Å². The lowest BCUT2D eigenvalue weighted by atomic mass is 10.3. The van der Waals surface area contributed by atoms with E-state index < -0.39 is 0 Å². The number of benzene rings is 1. The summed E-state index contributed by atoms with van der Waals surface area (Å²) >= 11 is 5.23. The highest BCUT2D eigenvalue weighted by Gasteiger charge is 2.06. The standard InChI is InChI=1S/C10H14N2S/c1-11(2)10(13)12(3)9-7-5-4-6-8-9/h4-8H,1-3H3. The molecule has 0 heterocycles. The molecule has 1 aromatic rings. The van der Waals surface area contributed by atoms with E-state index in [4.69, 9.17) is 12.2 Å². The Balaban J connectivity index is 2.80. The largest absolute Gasteiger partial charge is 0.355 e. The number of nitrogens with zero attached hydrogens (tertiary/aromatic N) is 2. The van der Waals surface area contributed by atoms with E-state index in [1.54, 1.807) is 0 Å². The molecule has 0 N–H and O–H groups in total. The van der Waals surface area contributed by atoms with Gasteiger partial charge in [-0.25, -0.2) is 0 Å². The molecule has 2 nitrogen and oxygen atoms in total. The van der Waals surface area contributed by atoms with Gasteiger partial charge in [0, 0.05) is 26.8 Å². The van der Waals surface area contributed by atoms with Crippen LogP contribution in [0.4, 0.5) is 5.69 Å². The number of hydrogen-bond donors (Lipinski definition) is 0. The molecular weight excluding hydrogens is 180 g/mol. The maximum absolute atomic E-state index is 5.23. The van der Waals surface area contributed by atoms with Gasteiger partial charge in [-0.15, -0.1) is 0 Å². The third kappa shape index (κ3) is 2.42. The molecule has 0 radical (unpaired) electrons. The molecule has 0 spiro atoms. The molecule has 0 unspecified atom stereocenters. The van der Waals surface area contributed by atoms with E-state index in [9.17, 15) is 0 Å². The van der Waals surface area contributed by atoms with Crippen LogP contribution in [0.25, 0.3) is 0 Å². The second kappa shape index (κ2) is 4.23. The normalized spacial score (nSPS) is 9.46. The summed E-state index contributed by atoms with van der Waals surface area (Å²) in [6, 6.07) is 10.1. The zero-order valence-corrected chi connectivity index (χ0v) is 9.01. The van der Waals surface area contributed by atoms with Crippen molar-refractivity contribution in [3.63, 3.8) is 0 Å². The Hall–Kier alpha value is -1.09. The number of anilines is 1. The minimum atomic E-state index is 0.811. The van der Waals surface area contributed by atoms with E-state index in [2.05, 4.69) is 0 Å². The van der Waals surface area contributed by atoms with Crippen LogP contribution in [0, 0.1) is 0 Å². The first-order chi connectivity index (χ1) is 6.13. The van der Waals surface area contributed by atoms with Crippen molar-refractivity contribution in [2.24, 2.45) is 0 Å². The van der Waals surface area contributed by atoms with Crippen LogP contribution in [0.2, 0.25) is 0 Å². The first-order valence-electron chi connectivity index (χ1n) is 4.13. The fourth-order valence-corrected chi connectivity index (χ4v) is 1.17. The molecule has 0 aliphatic rings. The lowest BCUT2D eigenvalue weighted by molar-refractivity contribution is 0.623. The van der Waals surface area contributed by atoms with Crippen LogP contribution in [0.3, 0.4) is 0 Å². The van der Waals surface area contributed by atoms with Crippen molar-refractivity contribution in [3.05, 3.63) is 30.3 Å². The second-order valence-electron chi connectivity index (χ2n) is 3.07. The molecule has 0 saturated carbocycles. The van der Waals surface area contributed by atoms with Gasteiger partial charge in [0.15, 0.2) is 5.11 Å². The van der Waals surface area contributed by atoms with Gasteiger partial charge in [-0.3, -0.25) is 0 Å². The quantitative estimate of drug-likeness (QED) is 0.631. The molecular formula is C10H14N2S.